The van der Waals surface area contributed by atoms with Gasteiger partial charge in [0.1, 0.15) is 0 Å². The lowest BCUT2D eigenvalue weighted by atomic mass is 9.95. The van der Waals surface area contributed by atoms with Gasteiger partial charge in [-0.05, 0) is 25.0 Å². The lowest BCUT2D eigenvalue weighted by molar-refractivity contribution is -0.115. The molecule has 5 heteroatoms. The van der Waals surface area contributed by atoms with E-state index in [2.05, 4.69) is 10.6 Å². The third-order valence-corrected chi connectivity index (χ3v) is 4.01. The van der Waals surface area contributed by atoms with E-state index in [9.17, 15) is 4.79 Å². The van der Waals surface area contributed by atoms with Crippen LogP contribution in [0.15, 0.2) is 18.2 Å². The van der Waals surface area contributed by atoms with Crippen LogP contribution in [-0.4, -0.2) is 18.5 Å². The Morgan fingerprint density at radius 3 is 2.42 bits per heavy atom. The van der Waals surface area contributed by atoms with Gasteiger partial charge in [-0.15, -0.1) is 0 Å². The highest BCUT2D eigenvalue weighted by Crippen LogP contribution is 2.29. The van der Waals surface area contributed by atoms with Gasteiger partial charge in [0.05, 0.1) is 22.3 Å². The molecule has 0 atom stereocenters. The predicted octanol–water partition coefficient (Wildman–Crippen LogP) is 3.85. The van der Waals surface area contributed by atoms with E-state index >= 15 is 0 Å². The summed E-state index contributed by atoms with van der Waals surface area (Å²) in [5, 5.41) is 6.95. The predicted molar refractivity (Wildman–Crippen MR) is 80.0 cm³/mol. The Balaban J connectivity index is 1.83. The second-order valence-electron chi connectivity index (χ2n) is 4.86. The third-order valence-electron chi connectivity index (χ3n) is 3.38. The minimum Gasteiger partial charge on any atom is -0.322 e. The van der Waals surface area contributed by atoms with E-state index in [1.54, 1.807) is 18.2 Å². The van der Waals surface area contributed by atoms with Crippen molar-refractivity contribution < 1.29 is 4.79 Å². The summed E-state index contributed by atoms with van der Waals surface area (Å²) in [7, 11) is 0. The van der Waals surface area contributed by atoms with Crippen LogP contribution in [0.5, 0.6) is 0 Å². The van der Waals surface area contributed by atoms with Crippen molar-refractivity contribution in [2.75, 3.05) is 11.9 Å². The first-order chi connectivity index (χ1) is 9.16. The highest BCUT2D eigenvalue weighted by Gasteiger charge is 2.15. The molecular weight excluding hydrogens is 283 g/mol. The zero-order valence-electron chi connectivity index (χ0n) is 10.7. The molecule has 0 radical (unpaired) electrons. The quantitative estimate of drug-likeness (QED) is 0.886. The lowest BCUT2D eigenvalue weighted by Crippen LogP contribution is -2.37. The van der Waals surface area contributed by atoms with Gasteiger partial charge < -0.3 is 10.6 Å². The molecule has 2 rings (SSSR count). The van der Waals surface area contributed by atoms with Crippen molar-refractivity contribution in [3.63, 3.8) is 0 Å². The molecule has 19 heavy (non-hydrogen) atoms. The molecule has 1 aromatic carbocycles. The monoisotopic (exact) mass is 300 g/mol. The lowest BCUT2D eigenvalue weighted by Gasteiger charge is -2.22. The SMILES string of the molecule is O=C(CNC1CCCCC1)Nc1c(Cl)cccc1Cl. The average molecular weight is 301 g/mol. The molecule has 0 aliphatic heterocycles. The molecule has 104 valence electrons. The number of carbonyl (C=O) groups excluding carboxylic acids is 1. The van der Waals surface area contributed by atoms with E-state index in [0.717, 1.165) is 12.8 Å². The third kappa shape index (κ3) is 4.37. The Morgan fingerprint density at radius 2 is 1.79 bits per heavy atom. The minimum atomic E-state index is -0.111. The number of anilines is 1. The van der Waals surface area contributed by atoms with Gasteiger partial charge in [0.15, 0.2) is 0 Å². The molecule has 1 aromatic rings. The molecule has 1 aliphatic carbocycles. The molecule has 2 N–H and O–H groups in total. The number of hydrogen-bond donors (Lipinski definition) is 2. The second kappa shape index (κ2) is 7.13. The number of rotatable bonds is 4. The van der Waals surface area contributed by atoms with Crippen molar-refractivity contribution >= 4 is 34.8 Å². The summed E-state index contributed by atoms with van der Waals surface area (Å²) in [6.45, 7) is 0.298. The van der Waals surface area contributed by atoms with E-state index in [-0.39, 0.29) is 5.91 Å². The zero-order valence-corrected chi connectivity index (χ0v) is 12.2. The zero-order chi connectivity index (χ0) is 13.7. The van der Waals surface area contributed by atoms with E-state index in [4.69, 9.17) is 23.2 Å². The van der Waals surface area contributed by atoms with Gasteiger partial charge in [0, 0.05) is 6.04 Å². The summed E-state index contributed by atoms with van der Waals surface area (Å²) in [4.78, 5) is 11.9. The summed E-state index contributed by atoms with van der Waals surface area (Å²) in [5.41, 5.74) is 0.487. The molecule has 0 aromatic heterocycles. The molecule has 1 fully saturated rings. The van der Waals surface area contributed by atoms with Gasteiger partial charge in [-0.1, -0.05) is 48.5 Å². The molecule has 1 amide bonds. The van der Waals surface area contributed by atoms with Crippen molar-refractivity contribution in [2.24, 2.45) is 0 Å². The summed E-state index contributed by atoms with van der Waals surface area (Å²) in [6, 6.07) is 5.62. The Bertz CT molecular complexity index is 425. The molecule has 1 aliphatic rings. The maximum atomic E-state index is 11.9. The topological polar surface area (TPSA) is 41.1 Å². The largest absolute Gasteiger partial charge is 0.322 e. The highest BCUT2D eigenvalue weighted by atomic mass is 35.5. The van der Waals surface area contributed by atoms with Crippen molar-refractivity contribution in [3.8, 4) is 0 Å². The van der Waals surface area contributed by atoms with E-state index in [1.165, 1.54) is 19.3 Å². The fourth-order valence-electron chi connectivity index (χ4n) is 2.34. The van der Waals surface area contributed by atoms with Gasteiger partial charge in [-0.2, -0.15) is 0 Å². The molecule has 3 nitrogen and oxygen atoms in total. The Kier molecular flexibility index (Phi) is 5.49. The fraction of sp³-hybridized carbons (Fsp3) is 0.500. The summed E-state index contributed by atoms with van der Waals surface area (Å²) in [6.07, 6.45) is 6.10. The molecule has 1 saturated carbocycles. The number of para-hydroxylation sites is 1. The number of benzene rings is 1. The van der Waals surface area contributed by atoms with Crippen LogP contribution in [0.2, 0.25) is 10.0 Å². The van der Waals surface area contributed by atoms with Crippen molar-refractivity contribution in [1.29, 1.82) is 0 Å². The van der Waals surface area contributed by atoms with Gasteiger partial charge in [-0.25, -0.2) is 0 Å². The Hall–Kier alpha value is -0.770. The molecule has 0 saturated heterocycles. The van der Waals surface area contributed by atoms with Crippen molar-refractivity contribution in [2.45, 2.75) is 38.1 Å². The van der Waals surface area contributed by atoms with Crippen LogP contribution in [0.3, 0.4) is 0 Å². The number of carbonyl (C=O) groups is 1. The first-order valence-electron chi connectivity index (χ1n) is 6.64. The second-order valence-corrected chi connectivity index (χ2v) is 5.68. The molecular formula is C14H18Cl2N2O. The van der Waals surface area contributed by atoms with Gasteiger partial charge >= 0.3 is 0 Å². The molecule has 0 spiro atoms. The molecule has 0 bridgehead atoms. The first-order valence-corrected chi connectivity index (χ1v) is 7.39. The van der Waals surface area contributed by atoms with Crippen molar-refractivity contribution in [3.05, 3.63) is 28.2 Å². The van der Waals surface area contributed by atoms with Crippen LogP contribution >= 0.6 is 23.2 Å². The van der Waals surface area contributed by atoms with E-state index < -0.39 is 0 Å². The van der Waals surface area contributed by atoms with Gasteiger partial charge in [0.25, 0.3) is 0 Å². The number of amides is 1. The Morgan fingerprint density at radius 1 is 1.16 bits per heavy atom. The molecule has 0 unspecified atom stereocenters. The maximum Gasteiger partial charge on any atom is 0.238 e. The summed E-state index contributed by atoms with van der Waals surface area (Å²) in [5.74, 6) is -0.111. The van der Waals surface area contributed by atoms with Crippen LogP contribution in [0.1, 0.15) is 32.1 Å². The van der Waals surface area contributed by atoms with Crippen LogP contribution in [0, 0.1) is 0 Å². The van der Waals surface area contributed by atoms with Gasteiger partial charge in [-0.3, -0.25) is 4.79 Å². The van der Waals surface area contributed by atoms with Crippen LogP contribution < -0.4 is 10.6 Å². The Labute approximate surface area is 123 Å². The number of hydrogen-bond acceptors (Lipinski definition) is 2. The number of nitrogens with one attached hydrogen (secondary N) is 2. The fourth-order valence-corrected chi connectivity index (χ4v) is 2.84. The van der Waals surface area contributed by atoms with Crippen molar-refractivity contribution in [1.82, 2.24) is 5.32 Å². The smallest absolute Gasteiger partial charge is 0.238 e. The standard InChI is InChI=1S/C14H18Cl2N2O/c15-11-7-4-8-12(16)14(11)18-13(19)9-17-10-5-2-1-3-6-10/h4,7-8,10,17H,1-3,5-6,9H2,(H,18,19). The molecule has 0 heterocycles. The van der Waals surface area contributed by atoms with E-state index in [1.807, 2.05) is 0 Å². The average Bonchev–Trinajstić information content (AvgIpc) is 2.42. The number of halogens is 2. The summed E-state index contributed by atoms with van der Waals surface area (Å²) < 4.78 is 0. The maximum absolute atomic E-state index is 11.9. The van der Waals surface area contributed by atoms with E-state index in [0.29, 0.717) is 28.3 Å². The summed E-state index contributed by atoms with van der Waals surface area (Å²) >= 11 is 12.0. The van der Waals surface area contributed by atoms with Crippen LogP contribution in [0.4, 0.5) is 5.69 Å². The van der Waals surface area contributed by atoms with Crippen LogP contribution in [-0.2, 0) is 4.79 Å². The highest BCUT2D eigenvalue weighted by molar-refractivity contribution is 6.39. The van der Waals surface area contributed by atoms with Crippen LogP contribution in [0.25, 0.3) is 0 Å². The normalized spacial score (nSPS) is 16.3. The first kappa shape index (κ1) is 14.6. The minimum absolute atomic E-state index is 0.111. The van der Waals surface area contributed by atoms with Gasteiger partial charge in [0.2, 0.25) is 5.91 Å².